The van der Waals surface area contributed by atoms with Gasteiger partial charge in [-0.15, -0.1) is 0 Å². The normalized spacial score (nSPS) is 27.6. The lowest BCUT2D eigenvalue weighted by molar-refractivity contribution is 0.0128. The monoisotopic (exact) mass is 270 g/mol. The largest absolute Gasteiger partial charge is 0.391 e. The van der Waals surface area contributed by atoms with E-state index in [9.17, 15) is 5.11 Å². The van der Waals surface area contributed by atoms with E-state index < -0.39 is 0 Å². The maximum Gasteiger partial charge on any atom is 0.0695 e. The van der Waals surface area contributed by atoms with E-state index in [1.807, 2.05) is 0 Å². The molecule has 20 heavy (non-hydrogen) atoms. The second-order valence-electron chi connectivity index (χ2n) is 6.27. The van der Waals surface area contributed by atoms with Gasteiger partial charge in [-0.2, -0.15) is 0 Å². The second-order valence-corrected chi connectivity index (χ2v) is 6.27. The molecule has 1 saturated carbocycles. The summed E-state index contributed by atoms with van der Waals surface area (Å²) in [4.78, 5) is 6.06. The number of benzene rings is 1. The van der Waals surface area contributed by atoms with Gasteiger partial charge >= 0.3 is 0 Å². The molecule has 1 fully saturated rings. The molecule has 1 aliphatic heterocycles. The quantitative estimate of drug-likeness (QED) is 0.836. The lowest BCUT2D eigenvalue weighted by Gasteiger charge is -2.39. The van der Waals surface area contributed by atoms with Crippen molar-refractivity contribution in [1.82, 2.24) is 9.88 Å². The predicted octanol–water partition coefficient (Wildman–Crippen LogP) is 2.83. The molecule has 3 nitrogen and oxygen atoms in total. The number of fused-ring (bicyclic) bond motifs is 3. The minimum atomic E-state index is -0.130. The fraction of sp³-hybridized carbons (Fsp3) is 0.529. The number of aromatic amines is 1. The molecule has 1 aromatic carbocycles. The zero-order chi connectivity index (χ0) is 13.5. The molecule has 0 radical (unpaired) electrons. The van der Waals surface area contributed by atoms with E-state index in [-0.39, 0.29) is 6.10 Å². The van der Waals surface area contributed by atoms with E-state index in [2.05, 4.69) is 34.1 Å². The summed E-state index contributed by atoms with van der Waals surface area (Å²) in [6.07, 6.45) is 5.54. The van der Waals surface area contributed by atoms with Gasteiger partial charge in [-0.05, 0) is 30.9 Å². The standard InChI is InChI=1S/C17H22N2O/c20-17-8-4-3-7-16(17)19-10-9-13-12-5-1-2-6-14(12)18-15(13)11-19/h1-2,5-6,16-18,20H,3-4,7-11H2. The average molecular weight is 270 g/mol. The first-order valence-electron chi connectivity index (χ1n) is 7.83. The van der Waals surface area contributed by atoms with E-state index in [0.29, 0.717) is 6.04 Å². The molecule has 2 N–H and O–H groups in total. The van der Waals surface area contributed by atoms with Crippen molar-refractivity contribution in [2.24, 2.45) is 0 Å². The van der Waals surface area contributed by atoms with Crippen LogP contribution in [0, 0.1) is 0 Å². The zero-order valence-corrected chi connectivity index (χ0v) is 11.8. The Balaban J connectivity index is 1.63. The summed E-state index contributed by atoms with van der Waals surface area (Å²) in [5.74, 6) is 0. The minimum absolute atomic E-state index is 0.130. The summed E-state index contributed by atoms with van der Waals surface area (Å²) in [6.45, 7) is 2.04. The minimum Gasteiger partial charge on any atom is -0.391 e. The molecule has 0 bridgehead atoms. The molecule has 3 heteroatoms. The van der Waals surface area contributed by atoms with Crippen molar-refractivity contribution in [2.45, 2.75) is 50.8 Å². The highest BCUT2D eigenvalue weighted by molar-refractivity contribution is 5.84. The first-order valence-corrected chi connectivity index (χ1v) is 7.83. The number of nitrogens with one attached hydrogen (secondary N) is 1. The van der Waals surface area contributed by atoms with Crippen LogP contribution in [0.15, 0.2) is 24.3 Å². The number of rotatable bonds is 1. The van der Waals surface area contributed by atoms with Crippen molar-refractivity contribution in [3.05, 3.63) is 35.5 Å². The molecular formula is C17H22N2O. The third-order valence-electron chi connectivity index (χ3n) is 5.08. The van der Waals surface area contributed by atoms with E-state index in [1.54, 1.807) is 0 Å². The number of para-hydroxylation sites is 1. The molecule has 1 aliphatic carbocycles. The van der Waals surface area contributed by atoms with Gasteiger partial charge in [0.15, 0.2) is 0 Å². The SMILES string of the molecule is OC1CCCCC1N1CCc2c([nH]c3ccccc23)C1. The second kappa shape index (κ2) is 4.90. The lowest BCUT2D eigenvalue weighted by Crippen LogP contribution is -2.47. The van der Waals surface area contributed by atoms with Gasteiger partial charge < -0.3 is 10.1 Å². The number of H-pyrrole nitrogens is 1. The molecule has 2 atom stereocenters. The van der Waals surface area contributed by atoms with Crippen LogP contribution in [0.2, 0.25) is 0 Å². The van der Waals surface area contributed by atoms with Crippen LogP contribution in [0.4, 0.5) is 0 Å². The lowest BCUT2D eigenvalue weighted by atomic mass is 9.90. The maximum absolute atomic E-state index is 10.3. The molecule has 0 amide bonds. The Bertz CT molecular complexity index is 618. The van der Waals surface area contributed by atoms with Crippen molar-refractivity contribution in [3.8, 4) is 0 Å². The van der Waals surface area contributed by atoms with Gasteiger partial charge in [-0.1, -0.05) is 31.0 Å². The Morgan fingerprint density at radius 1 is 1.15 bits per heavy atom. The summed E-state index contributed by atoms with van der Waals surface area (Å²) in [5.41, 5.74) is 4.10. The number of nitrogens with zero attached hydrogens (tertiary/aromatic N) is 1. The summed E-state index contributed by atoms with van der Waals surface area (Å²) >= 11 is 0. The molecule has 2 aliphatic rings. The number of aromatic nitrogens is 1. The van der Waals surface area contributed by atoms with E-state index in [0.717, 1.165) is 32.4 Å². The third-order valence-corrected chi connectivity index (χ3v) is 5.08. The van der Waals surface area contributed by atoms with Crippen molar-refractivity contribution in [3.63, 3.8) is 0 Å². The molecule has 2 unspecified atom stereocenters. The average Bonchev–Trinajstić information content (AvgIpc) is 2.85. The van der Waals surface area contributed by atoms with Gasteiger partial charge in [0.05, 0.1) is 6.10 Å². The highest BCUT2D eigenvalue weighted by atomic mass is 16.3. The Morgan fingerprint density at radius 3 is 2.90 bits per heavy atom. The molecule has 0 spiro atoms. The van der Waals surface area contributed by atoms with Crippen molar-refractivity contribution in [2.75, 3.05) is 6.54 Å². The summed E-state index contributed by atoms with van der Waals surface area (Å²) in [5, 5.41) is 11.6. The number of aliphatic hydroxyl groups is 1. The van der Waals surface area contributed by atoms with Gasteiger partial charge in [0.1, 0.15) is 0 Å². The van der Waals surface area contributed by atoms with Gasteiger partial charge in [0, 0.05) is 35.7 Å². The topological polar surface area (TPSA) is 39.3 Å². The molecule has 2 aromatic rings. The first kappa shape index (κ1) is 12.4. The third kappa shape index (κ3) is 1.97. The molecular weight excluding hydrogens is 248 g/mol. The summed E-state index contributed by atoms with van der Waals surface area (Å²) in [6, 6.07) is 8.95. The van der Waals surface area contributed by atoms with Crippen LogP contribution in [0.5, 0.6) is 0 Å². The van der Waals surface area contributed by atoms with Crippen LogP contribution in [0.25, 0.3) is 10.9 Å². The van der Waals surface area contributed by atoms with Crippen LogP contribution in [-0.2, 0) is 13.0 Å². The number of hydrogen-bond acceptors (Lipinski definition) is 2. The number of hydrogen-bond donors (Lipinski definition) is 2. The van der Waals surface area contributed by atoms with Crippen LogP contribution >= 0.6 is 0 Å². The van der Waals surface area contributed by atoms with Crippen LogP contribution in [0.3, 0.4) is 0 Å². The van der Waals surface area contributed by atoms with E-state index in [4.69, 9.17) is 0 Å². The number of aliphatic hydroxyl groups excluding tert-OH is 1. The van der Waals surface area contributed by atoms with Crippen LogP contribution in [-0.4, -0.2) is 33.7 Å². The van der Waals surface area contributed by atoms with Gasteiger partial charge in [0.25, 0.3) is 0 Å². The molecule has 4 rings (SSSR count). The smallest absolute Gasteiger partial charge is 0.0695 e. The van der Waals surface area contributed by atoms with Crippen LogP contribution in [0.1, 0.15) is 36.9 Å². The van der Waals surface area contributed by atoms with E-state index in [1.165, 1.54) is 35.0 Å². The Kier molecular flexibility index (Phi) is 3.04. The fourth-order valence-corrected chi connectivity index (χ4v) is 4.01. The summed E-state index contributed by atoms with van der Waals surface area (Å²) in [7, 11) is 0. The Morgan fingerprint density at radius 2 is 2.00 bits per heavy atom. The van der Waals surface area contributed by atoms with Crippen LogP contribution < -0.4 is 0 Å². The van der Waals surface area contributed by atoms with Crippen molar-refractivity contribution in [1.29, 1.82) is 0 Å². The fourth-order valence-electron chi connectivity index (χ4n) is 4.01. The highest BCUT2D eigenvalue weighted by Crippen LogP contribution is 2.31. The summed E-state index contributed by atoms with van der Waals surface area (Å²) < 4.78 is 0. The van der Waals surface area contributed by atoms with Gasteiger partial charge in [-0.25, -0.2) is 0 Å². The molecule has 1 aromatic heterocycles. The first-order chi connectivity index (χ1) is 9.83. The highest BCUT2D eigenvalue weighted by Gasteiger charge is 2.31. The van der Waals surface area contributed by atoms with Crippen molar-refractivity contribution >= 4 is 10.9 Å². The molecule has 2 heterocycles. The maximum atomic E-state index is 10.3. The van der Waals surface area contributed by atoms with Crippen molar-refractivity contribution < 1.29 is 5.11 Å². The molecule has 106 valence electrons. The van der Waals surface area contributed by atoms with Gasteiger partial charge in [-0.3, -0.25) is 4.90 Å². The Hall–Kier alpha value is -1.32. The van der Waals surface area contributed by atoms with Gasteiger partial charge in [0.2, 0.25) is 0 Å². The predicted molar refractivity (Wildman–Crippen MR) is 80.7 cm³/mol. The molecule has 0 saturated heterocycles. The zero-order valence-electron chi connectivity index (χ0n) is 11.8. The van der Waals surface area contributed by atoms with E-state index >= 15 is 0 Å². The Labute approximate surface area is 119 Å².